The standard InChI is InChI=1S/C12H14N2O3/c1-2-7-17-12(16)11(14-9-15)8-10-5-3-4-6-13-10/h3-6,8-9H,2,7H2,1H3,(H,14,15). The van der Waals surface area contributed by atoms with Gasteiger partial charge in [-0.2, -0.15) is 0 Å². The molecule has 0 aliphatic rings. The highest BCUT2D eigenvalue weighted by molar-refractivity contribution is 5.94. The Morgan fingerprint density at radius 2 is 2.35 bits per heavy atom. The van der Waals surface area contributed by atoms with E-state index < -0.39 is 5.97 Å². The van der Waals surface area contributed by atoms with Crippen LogP contribution in [0, 0.1) is 0 Å². The molecule has 1 aromatic heterocycles. The quantitative estimate of drug-likeness (QED) is 0.455. The molecule has 1 N–H and O–H groups in total. The lowest BCUT2D eigenvalue weighted by atomic mass is 10.3. The van der Waals surface area contributed by atoms with Crippen molar-refractivity contribution in [1.82, 2.24) is 10.3 Å². The Balaban J connectivity index is 2.81. The van der Waals surface area contributed by atoms with Crippen LogP contribution in [0.3, 0.4) is 0 Å². The largest absolute Gasteiger partial charge is 0.461 e. The number of ether oxygens (including phenoxy) is 1. The van der Waals surface area contributed by atoms with Crippen LogP contribution in [0.15, 0.2) is 30.1 Å². The van der Waals surface area contributed by atoms with Gasteiger partial charge in [0.25, 0.3) is 0 Å². The minimum atomic E-state index is -0.565. The minimum Gasteiger partial charge on any atom is -0.461 e. The first-order valence-corrected chi connectivity index (χ1v) is 5.28. The summed E-state index contributed by atoms with van der Waals surface area (Å²) in [4.78, 5) is 26.0. The fourth-order valence-corrected chi connectivity index (χ4v) is 1.10. The van der Waals surface area contributed by atoms with Crippen molar-refractivity contribution in [3.05, 3.63) is 35.8 Å². The smallest absolute Gasteiger partial charge is 0.354 e. The van der Waals surface area contributed by atoms with Gasteiger partial charge < -0.3 is 10.1 Å². The van der Waals surface area contributed by atoms with Gasteiger partial charge in [0, 0.05) is 6.20 Å². The zero-order valence-electron chi connectivity index (χ0n) is 9.55. The van der Waals surface area contributed by atoms with Gasteiger partial charge in [-0.05, 0) is 24.6 Å². The number of nitrogens with zero attached hydrogens (tertiary/aromatic N) is 1. The molecule has 1 heterocycles. The lowest BCUT2D eigenvalue weighted by Gasteiger charge is -2.05. The minimum absolute atomic E-state index is 0.0761. The molecule has 0 fully saturated rings. The summed E-state index contributed by atoms with van der Waals surface area (Å²) >= 11 is 0. The summed E-state index contributed by atoms with van der Waals surface area (Å²) in [6, 6.07) is 5.27. The summed E-state index contributed by atoms with van der Waals surface area (Å²) in [7, 11) is 0. The van der Waals surface area contributed by atoms with Crippen molar-refractivity contribution in [3.63, 3.8) is 0 Å². The summed E-state index contributed by atoms with van der Waals surface area (Å²) in [5.74, 6) is -0.565. The Labute approximate surface area is 99.5 Å². The molecule has 0 spiro atoms. The molecule has 0 bridgehead atoms. The van der Waals surface area contributed by atoms with Crippen LogP contribution < -0.4 is 5.32 Å². The first-order chi connectivity index (χ1) is 8.27. The van der Waals surface area contributed by atoms with E-state index in [9.17, 15) is 9.59 Å². The maximum absolute atomic E-state index is 11.6. The highest BCUT2D eigenvalue weighted by Crippen LogP contribution is 2.03. The summed E-state index contributed by atoms with van der Waals surface area (Å²) in [6.45, 7) is 2.21. The van der Waals surface area contributed by atoms with Crippen molar-refractivity contribution in [2.24, 2.45) is 0 Å². The first-order valence-electron chi connectivity index (χ1n) is 5.28. The van der Waals surface area contributed by atoms with Crippen LogP contribution in [0.5, 0.6) is 0 Å². The fraction of sp³-hybridized carbons (Fsp3) is 0.250. The SMILES string of the molecule is CCCOC(=O)C(=Cc1ccccn1)NC=O. The van der Waals surface area contributed by atoms with E-state index in [0.29, 0.717) is 18.7 Å². The Morgan fingerprint density at radius 1 is 1.53 bits per heavy atom. The molecule has 0 radical (unpaired) electrons. The van der Waals surface area contributed by atoms with E-state index in [1.807, 2.05) is 6.92 Å². The Kier molecular flexibility index (Phi) is 5.43. The molecule has 0 saturated carbocycles. The van der Waals surface area contributed by atoms with Crippen LogP contribution >= 0.6 is 0 Å². The number of amides is 1. The van der Waals surface area contributed by atoms with E-state index in [-0.39, 0.29) is 5.70 Å². The molecule has 0 atom stereocenters. The lowest BCUT2D eigenvalue weighted by Crippen LogP contribution is -2.21. The molecule has 5 nitrogen and oxygen atoms in total. The fourth-order valence-electron chi connectivity index (χ4n) is 1.10. The summed E-state index contributed by atoms with van der Waals surface area (Å²) in [5, 5.41) is 2.31. The van der Waals surface area contributed by atoms with Gasteiger partial charge in [-0.25, -0.2) is 4.79 Å². The molecule has 17 heavy (non-hydrogen) atoms. The van der Waals surface area contributed by atoms with Gasteiger partial charge >= 0.3 is 5.97 Å². The molecule has 0 aliphatic carbocycles. The third-order valence-corrected chi connectivity index (χ3v) is 1.85. The van der Waals surface area contributed by atoms with Gasteiger partial charge in [0.1, 0.15) is 5.70 Å². The number of hydrogen-bond donors (Lipinski definition) is 1. The number of nitrogens with one attached hydrogen (secondary N) is 1. The van der Waals surface area contributed by atoms with E-state index in [1.165, 1.54) is 6.08 Å². The predicted molar refractivity (Wildman–Crippen MR) is 62.7 cm³/mol. The van der Waals surface area contributed by atoms with Gasteiger partial charge in [-0.3, -0.25) is 9.78 Å². The van der Waals surface area contributed by atoms with E-state index in [2.05, 4.69) is 10.3 Å². The molecule has 90 valence electrons. The van der Waals surface area contributed by atoms with Crippen LogP contribution in [-0.2, 0) is 14.3 Å². The normalized spacial score (nSPS) is 10.8. The van der Waals surface area contributed by atoms with Gasteiger partial charge in [0.05, 0.1) is 12.3 Å². The van der Waals surface area contributed by atoms with Crippen molar-refractivity contribution in [3.8, 4) is 0 Å². The molecule has 0 aromatic carbocycles. The van der Waals surface area contributed by atoms with Crippen molar-refractivity contribution in [1.29, 1.82) is 0 Å². The second kappa shape index (κ2) is 7.16. The van der Waals surface area contributed by atoms with E-state index in [1.54, 1.807) is 24.4 Å². The predicted octanol–water partition coefficient (Wildman–Crippen LogP) is 1.12. The third kappa shape index (κ3) is 4.46. The summed E-state index contributed by atoms with van der Waals surface area (Å²) in [5.41, 5.74) is 0.650. The lowest BCUT2D eigenvalue weighted by molar-refractivity contribution is -0.139. The summed E-state index contributed by atoms with van der Waals surface area (Å²) < 4.78 is 4.92. The van der Waals surface area contributed by atoms with Crippen molar-refractivity contribution in [2.75, 3.05) is 6.61 Å². The number of esters is 1. The number of carbonyl (C=O) groups excluding carboxylic acids is 2. The summed E-state index contributed by atoms with van der Waals surface area (Å²) in [6.07, 6.45) is 4.22. The third-order valence-electron chi connectivity index (χ3n) is 1.85. The topological polar surface area (TPSA) is 68.3 Å². The van der Waals surface area contributed by atoms with Crippen LogP contribution in [0.4, 0.5) is 0 Å². The molecule has 5 heteroatoms. The van der Waals surface area contributed by atoms with Crippen molar-refractivity contribution in [2.45, 2.75) is 13.3 Å². The van der Waals surface area contributed by atoms with Gasteiger partial charge in [0.15, 0.2) is 0 Å². The average molecular weight is 234 g/mol. The molecule has 1 aromatic rings. The van der Waals surface area contributed by atoms with Gasteiger partial charge in [0.2, 0.25) is 6.41 Å². The second-order valence-electron chi connectivity index (χ2n) is 3.21. The maximum atomic E-state index is 11.6. The van der Waals surface area contributed by atoms with Gasteiger partial charge in [-0.15, -0.1) is 0 Å². The zero-order valence-corrected chi connectivity index (χ0v) is 9.55. The first kappa shape index (κ1) is 12.9. The number of aromatic nitrogens is 1. The molecular formula is C12H14N2O3. The van der Waals surface area contributed by atoms with Crippen LogP contribution in [0.25, 0.3) is 6.08 Å². The Bertz CT molecular complexity index is 401. The molecule has 1 amide bonds. The van der Waals surface area contributed by atoms with E-state index in [4.69, 9.17) is 4.74 Å². The van der Waals surface area contributed by atoms with Crippen LogP contribution in [0.2, 0.25) is 0 Å². The number of rotatable bonds is 6. The average Bonchev–Trinajstić information content (AvgIpc) is 2.36. The van der Waals surface area contributed by atoms with Crippen molar-refractivity contribution >= 4 is 18.5 Å². The molecule has 0 aliphatic heterocycles. The number of carbonyl (C=O) groups is 2. The molecule has 0 saturated heterocycles. The maximum Gasteiger partial charge on any atom is 0.354 e. The van der Waals surface area contributed by atoms with Crippen LogP contribution in [-0.4, -0.2) is 24.0 Å². The van der Waals surface area contributed by atoms with Crippen LogP contribution in [0.1, 0.15) is 19.0 Å². The molecular weight excluding hydrogens is 220 g/mol. The Hall–Kier alpha value is -2.17. The monoisotopic (exact) mass is 234 g/mol. The Morgan fingerprint density at radius 3 is 2.94 bits per heavy atom. The second-order valence-corrected chi connectivity index (χ2v) is 3.21. The molecule has 0 unspecified atom stereocenters. The number of hydrogen-bond acceptors (Lipinski definition) is 4. The van der Waals surface area contributed by atoms with Crippen molar-refractivity contribution < 1.29 is 14.3 Å². The zero-order chi connectivity index (χ0) is 12.5. The highest BCUT2D eigenvalue weighted by Gasteiger charge is 2.10. The van der Waals surface area contributed by atoms with E-state index >= 15 is 0 Å². The van der Waals surface area contributed by atoms with E-state index in [0.717, 1.165) is 6.42 Å². The highest BCUT2D eigenvalue weighted by atomic mass is 16.5. The van der Waals surface area contributed by atoms with Gasteiger partial charge in [-0.1, -0.05) is 13.0 Å². The number of pyridine rings is 1. The molecule has 1 rings (SSSR count).